The normalized spacial score (nSPS) is 17.4. The van der Waals surface area contributed by atoms with E-state index >= 15 is 0 Å². The lowest BCUT2D eigenvalue weighted by Crippen LogP contribution is -2.62. The van der Waals surface area contributed by atoms with E-state index in [1.54, 1.807) is 4.90 Å². The molecule has 1 aliphatic rings. The van der Waals surface area contributed by atoms with Crippen molar-refractivity contribution in [3.8, 4) is 0 Å². The van der Waals surface area contributed by atoms with Crippen LogP contribution in [-0.2, 0) is 0 Å². The first-order valence-electron chi connectivity index (χ1n) is 5.86. The maximum absolute atomic E-state index is 13.2. The Morgan fingerprint density at radius 2 is 2.22 bits per heavy atom. The molecule has 2 rings (SSSR count). The summed E-state index contributed by atoms with van der Waals surface area (Å²) < 4.78 is 13.2. The maximum atomic E-state index is 13.2. The molecule has 1 aromatic carbocycles. The van der Waals surface area contributed by atoms with E-state index in [0.29, 0.717) is 19.5 Å². The van der Waals surface area contributed by atoms with Gasteiger partial charge in [-0.25, -0.2) is 4.39 Å². The number of rotatable bonds is 4. The van der Waals surface area contributed by atoms with Crippen LogP contribution in [0.15, 0.2) is 18.2 Å². The lowest BCUT2D eigenvalue weighted by Gasteiger charge is -2.47. The monoisotopic (exact) mass is 254 g/mol. The largest absolute Gasteiger partial charge is 0.386 e. The Morgan fingerprint density at radius 3 is 2.78 bits per heavy atom. The van der Waals surface area contributed by atoms with E-state index in [0.717, 1.165) is 24.6 Å². The molecule has 0 aliphatic carbocycles. The molecule has 0 unspecified atom stereocenters. The molecule has 5 nitrogen and oxygen atoms in total. The Morgan fingerprint density at radius 1 is 1.56 bits per heavy atom. The Kier molecular flexibility index (Phi) is 3.21. The SMILES string of the molecule is CCCC1(O)CN(c2cc(F)ccc2[N+](=O)[O-])C1. The molecule has 0 atom stereocenters. The highest BCUT2D eigenvalue weighted by Gasteiger charge is 2.42. The lowest BCUT2D eigenvalue weighted by molar-refractivity contribution is -0.384. The van der Waals surface area contributed by atoms with E-state index in [-0.39, 0.29) is 11.4 Å². The standard InChI is InChI=1S/C12H15FN2O3/c1-2-5-12(16)7-14(8-12)11-6-9(13)3-4-10(11)15(17)18/h3-4,6,16H,2,5,7-8H2,1H3. The van der Waals surface area contributed by atoms with Gasteiger partial charge in [-0.2, -0.15) is 0 Å². The molecule has 0 saturated carbocycles. The Labute approximate surface area is 104 Å². The van der Waals surface area contributed by atoms with Gasteiger partial charge in [0.25, 0.3) is 5.69 Å². The second-order valence-electron chi connectivity index (χ2n) is 4.72. The Balaban J connectivity index is 2.20. The van der Waals surface area contributed by atoms with Crippen molar-refractivity contribution in [2.75, 3.05) is 18.0 Å². The molecular formula is C12H15FN2O3. The van der Waals surface area contributed by atoms with Crippen LogP contribution in [0.25, 0.3) is 0 Å². The van der Waals surface area contributed by atoms with Crippen molar-refractivity contribution < 1.29 is 14.4 Å². The number of nitro groups is 1. The van der Waals surface area contributed by atoms with E-state index in [4.69, 9.17) is 0 Å². The topological polar surface area (TPSA) is 66.6 Å². The summed E-state index contributed by atoms with van der Waals surface area (Å²) in [5.41, 5.74) is -0.690. The number of β-amino-alcohol motifs (C(OH)–C–C–N with tert-alkyl or cyclic N) is 1. The first-order valence-corrected chi connectivity index (χ1v) is 5.86. The van der Waals surface area contributed by atoms with Crippen LogP contribution in [-0.4, -0.2) is 28.7 Å². The first kappa shape index (κ1) is 12.8. The summed E-state index contributed by atoms with van der Waals surface area (Å²) in [7, 11) is 0. The van der Waals surface area contributed by atoms with Crippen molar-refractivity contribution in [2.45, 2.75) is 25.4 Å². The summed E-state index contributed by atoms with van der Waals surface area (Å²) in [6.07, 6.45) is 1.49. The number of nitro benzene ring substituents is 1. The van der Waals surface area contributed by atoms with E-state index in [1.165, 1.54) is 0 Å². The summed E-state index contributed by atoms with van der Waals surface area (Å²) in [4.78, 5) is 12.0. The van der Waals surface area contributed by atoms with Crippen LogP contribution in [0.4, 0.5) is 15.8 Å². The quantitative estimate of drug-likeness (QED) is 0.660. The van der Waals surface area contributed by atoms with Gasteiger partial charge in [-0.15, -0.1) is 0 Å². The summed E-state index contributed by atoms with van der Waals surface area (Å²) in [5.74, 6) is -0.512. The molecule has 1 aliphatic heterocycles. The number of aliphatic hydroxyl groups is 1. The Bertz CT molecular complexity index is 472. The van der Waals surface area contributed by atoms with Crippen LogP contribution in [0.3, 0.4) is 0 Å². The van der Waals surface area contributed by atoms with Gasteiger partial charge < -0.3 is 10.0 Å². The van der Waals surface area contributed by atoms with Crippen molar-refractivity contribution in [3.63, 3.8) is 0 Å². The molecule has 0 spiro atoms. The third-order valence-corrected chi connectivity index (χ3v) is 3.16. The average Bonchev–Trinajstić information content (AvgIpc) is 2.25. The minimum absolute atomic E-state index is 0.130. The van der Waals surface area contributed by atoms with Gasteiger partial charge in [0.1, 0.15) is 11.5 Å². The lowest BCUT2D eigenvalue weighted by atomic mass is 9.88. The zero-order valence-corrected chi connectivity index (χ0v) is 10.1. The van der Waals surface area contributed by atoms with Gasteiger partial charge in [-0.1, -0.05) is 13.3 Å². The highest BCUT2D eigenvalue weighted by atomic mass is 19.1. The van der Waals surface area contributed by atoms with Crippen LogP contribution in [0.1, 0.15) is 19.8 Å². The number of benzene rings is 1. The number of anilines is 1. The van der Waals surface area contributed by atoms with Crippen LogP contribution in [0.5, 0.6) is 0 Å². The molecule has 18 heavy (non-hydrogen) atoms. The first-order chi connectivity index (χ1) is 8.45. The fourth-order valence-electron chi connectivity index (χ4n) is 2.36. The Hall–Kier alpha value is -1.69. The molecule has 0 aromatic heterocycles. The number of nitrogens with zero attached hydrogens (tertiary/aromatic N) is 2. The molecule has 1 saturated heterocycles. The third-order valence-electron chi connectivity index (χ3n) is 3.16. The predicted molar refractivity (Wildman–Crippen MR) is 65.1 cm³/mol. The summed E-state index contributed by atoms with van der Waals surface area (Å²) in [6.45, 7) is 2.58. The second-order valence-corrected chi connectivity index (χ2v) is 4.72. The summed E-state index contributed by atoms with van der Waals surface area (Å²) >= 11 is 0. The molecule has 1 fully saturated rings. The molecule has 1 heterocycles. The molecule has 0 amide bonds. The van der Waals surface area contributed by atoms with Crippen LogP contribution >= 0.6 is 0 Å². The highest BCUT2D eigenvalue weighted by molar-refractivity contribution is 5.65. The van der Waals surface area contributed by atoms with E-state index in [1.807, 2.05) is 6.92 Å². The van der Waals surface area contributed by atoms with Crippen molar-refractivity contribution in [1.29, 1.82) is 0 Å². The van der Waals surface area contributed by atoms with Gasteiger partial charge in [0.15, 0.2) is 0 Å². The van der Waals surface area contributed by atoms with Crippen molar-refractivity contribution in [3.05, 3.63) is 34.1 Å². The fourth-order valence-corrected chi connectivity index (χ4v) is 2.36. The van der Waals surface area contributed by atoms with Gasteiger partial charge in [0.2, 0.25) is 0 Å². The van der Waals surface area contributed by atoms with Crippen molar-refractivity contribution in [1.82, 2.24) is 0 Å². The van der Waals surface area contributed by atoms with Crippen LogP contribution < -0.4 is 4.90 Å². The van der Waals surface area contributed by atoms with Crippen LogP contribution in [0, 0.1) is 15.9 Å². The summed E-state index contributed by atoms with van der Waals surface area (Å²) in [6, 6.07) is 3.37. The van der Waals surface area contributed by atoms with E-state index in [9.17, 15) is 19.6 Å². The minimum Gasteiger partial charge on any atom is -0.386 e. The maximum Gasteiger partial charge on any atom is 0.292 e. The van der Waals surface area contributed by atoms with Crippen LogP contribution in [0.2, 0.25) is 0 Å². The van der Waals surface area contributed by atoms with Gasteiger partial charge >= 0.3 is 0 Å². The molecular weight excluding hydrogens is 239 g/mol. The molecule has 0 radical (unpaired) electrons. The molecule has 98 valence electrons. The molecule has 1 aromatic rings. The fraction of sp³-hybridized carbons (Fsp3) is 0.500. The molecule has 6 heteroatoms. The zero-order chi connectivity index (χ0) is 13.3. The van der Waals surface area contributed by atoms with Gasteiger partial charge in [-0.05, 0) is 12.5 Å². The number of halogens is 1. The van der Waals surface area contributed by atoms with Gasteiger partial charge in [-0.3, -0.25) is 10.1 Å². The number of hydrogen-bond donors (Lipinski definition) is 1. The zero-order valence-electron chi connectivity index (χ0n) is 10.1. The highest BCUT2D eigenvalue weighted by Crippen LogP contribution is 2.36. The minimum atomic E-state index is -0.797. The van der Waals surface area contributed by atoms with E-state index in [2.05, 4.69) is 0 Å². The summed E-state index contributed by atoms with van der Waals surface area (Å²) in [5, 5.41) is 20.9. The predicted octanol–water partition coefficient (Wildman–Crippen LogP) is 2.09. The molecule has 0 bridgehead atoms. The molecule has 1 N–H and O–H groups in total. The van der Waals surface area contributed by atoms with Crippen molar-refractivity contribution >= 4 is 11.4 Å². The van der Waals surface area contributed by atoms with Gasteiger partial charge in [0, 0.05) is 25.2 Å². The van der Waals surface area contributed by atoms with Gasteiger partial charge in [0.05, 0.1) is 10.5 Å². The van der Waals surface area contributed by atoms with E-state index < -0.39 is 16.3 Å². The van der Waals surface area contributed by atoms with Crippen molar-refractivity contribution in [2.24, 2.45) is 0 Å². The second kappa shape index (κ2) is 4.53. The average molecular weight is 254 g/mol. The smallest absolute Gasteiger partial charge is 0.292 e. The third kappa shape index (κ3) is 2.28. The number of hydrogen-bond acceptors (Lipinski definition) is 4.